The lowest BCUT2D eigenvalue weighted by atomic mass is 9.95. The average molecular weight is 1050 g/mol. The van der Waals surface area contributed by atoms with Crippen molar-refractivity contribution in [2.24, 2.45) is 0 Å². The van der Waals surface area contributed by atoms with Crippen molar-refractivity contribution in [1.82, 2.24) is 24.1 Å². The monoisotopic (exact) mass is 1050 g/mol. The quantitative estimate of drug-likeness (QED) is 0.152. The first-order valence-corrected chi connectivity index (χ1v) is 27.6. The fourth-order valence-electron chi connectivity index (χ4n) is 12.5. The van der Waals surface area contributed by atoms with Gasteiger partial charge in [-0.05, 0) is 142 Å². The van der Waals surface area contributed by atoms with E-state index in [0.29, 0.717) is 17.6 Å². The van der Waals surface area contributed by atoms with Gasteiger partial charge in [-0.25, -0.2) is 4.98 Å². The van der Waals surface area contributed by atoms with E-state index in [1.54, 1.807) is 0 Å². The van der Waals surface area contributed by atoms with Gasteiger partial charge < -0.3 is 13.4 Å². The molecule has 0 N–H and O–H groups in total. The average Bonchev–Trinajstić information content (AvgIpc) is 4.11. The van der Waals surface area contributed by atoms with Gasteiger partial charge in [0.15, 0.2) is 11.6 Å². The molecule has 17 rings (SSSR count). The van der Waals surface area contributed by atoms with Crippen molar-refractivity contribution in [3.05, 3.63) is 273 Å². The molecule has 0 saturated carbocycles. The third kappa shape index (κ3) is 7.34. The third-order valence-electron chi connectivity index (χ3n) is 16.4. The van der Waals surface area contributed by atoms with Crippen LogP contribution in [0.15, 0.2) is 282 Å². The van der Waals surface area contributed by atoms with Crippen molar-refractivity contribution in [2.75, 3.05) is 0 Å². The Morgan fingerprint density at radius 2 is 0.707 bits per heavy atom. The van der Waals surface area contributed by atoms with Crippen LogP contribution in [0.25, 0.3) is 166 Å². The maximum absolute atomic E-state index is 6.70. The van der Waals surface area contributed by atoms with Gasteiger partial charge in [0.25, 0.3) is 0 Å². The van der Waals surface area contributed by atoms with Crippen molar-refractivity contribution in [1.29, 1.82) is 0 Å². The first-order chi connectivity index (χ1) is 40.6. The topological polar surface area (TPSA) is 74.8 Å². The lowest BCUT2D eigenvalue weighted by Gasteiger charge is -2.12. The molecule has 0 aliphatic rings. The van der Waals surface area contributed by atoms with E-state index in [4.69, 9.17) is 23.8 Å². The summed E-state index contributed by atoms with van der Waals surface area (Å²) in [5, 5.41) is 8.68. The van der Waals surface area contributed by atoms with E-state index in [-0.39, 0.29) is 0 Å². The Bertz CT molecular complexity index is 5420. The van der Waals surface area contributed by atoms with Gasteiger partial charge in [-0.1, -0.05) is 176 Å². The first-order valence-electron chi connectivity index (χ1n) is 27.6. The zero-order valence-corrected chi connectivity index (χ0v) is 44.0. The molecule has 0 amide bonds. The molecule has 7 nitrogen and oxygen atoms in total. The maximum Gasteiger partial charge on any atom is 0.238 e. The molecular weight excluding hydrogens is 1000 g/mol. The molecule has 0 bridgehead atoms. The number of hydrogen-bond donors (Lipinski definition) is 0. The van der Waals surface area contributed by atoms with E-state index in [1.807, 2.05) is 36.4 Å². The number of fused-ring (bicyclic) bond motifs is 12. The van der Waals surface area contributed by atoms with Gasteiger partial charge in [0.05, 0.1) is 22.1 Å². The fraction of sp³-hybridized carbons (Fsp3) is 0. The summed E-state index contributed by atoms with van der Waals surface area (Å²) in [5.74, 6) is 1.56. The lowest BCUT2D eigenvalue weighted by molar-refractivity contribution is 0.668. The number of nitrogens with zero attached hydrogens (tertiary/aromatic N) is 5. The summed E-state index contributed by atoms with van der Waals surface area (Å²) in [7, 11) is 0. The van der Waals surface area contributed by atoms with Crippen LogP contribution in [0.5, 0.6) is 0 Å². The minimum absolute atomic E-state index is 0.506. The van der Waals surface area contributed by atoms with Crippen LogP contribution in [0, 0.1) is 0 Å². The van der Waals surface area contributed by atoms with Gasteiger partial charge in [-0.15, -0.1) is 0 Å². The van der Waals surface area contributed by atoms with Gasteiger partial charge in [-0.3, -0.25) is 4.57 Å². The molecule has 5 aromatic heterocycles. The minimum atomic E-state index is 0.506. The van der Waals surface area contributed by atoms with Crippen LogP contribution in [-0.4, -0.2) is 24.1 Å². The van der Waals surface area contributed by atoms with E-state index >= 15 is 0 Å². The lowest BCUT2D eigenvalue weighted by Crippen LogP contribution is -2.06. The Kier molecular flexibility index (Phi) is 10.2. The largest absolute Gasteiger partial charge is 0.456 e. The van der Waals surface area contributed by atoms with Gasteiger partial charge in [-0.2, -0.15) is 9.97 Å². The summed E-state index contributed by atoms with van der Waals surface area (Å²) >= 11 is 0. The van der Waals surface area contributed by atoms with Gasteiger partial charge >= 0.3 is 0 Å². The smallest absolute Gasteiger partial charge is 0.238 e. The van der Waals surface area contributed by atoms with E-state index in [1.165, 1.54) is 27.4 Å². The van der Waals surface area contributed by atoms with Gasteiger partial charge in [0.2, 0.25) is 5.95 Å². The predicted octanol–water partition coefficient (Wildman–Crippen LogP) is 19.9. The summed E-state index contributed by atoms with van der Waals surface area (Å²) in [5.41, 5.74) is 19.4. The molecule has 0 radical (unpaired) electrons. The normalized spacial score (nSPS) is 11.9. The van der Waals surface area contributed by atoms with Crippen LogP contribution in [0.2, 0.25) is 0 Å². The molecule has 0 spiro atoms. The summed E-state index contributed by atoms with van der Waals surface area (Å²) < 4.78 is 17.7. The highest BCUT2D eigenvalue weighted by Crippen LogP contribution is 2.42. The molecule has 382 valence electrons. The minimum Gasteiger partial charge on any atom is -0.456 e. The van der Waals surface area contributed by atoms with Crippen LogP contribution in [0.4, 0.5) is 0 Å². The van der Waals surface area contributed by atoms with Crippen molar-refractivity contribution in [2.45, 2.75) is 0 Å². The number of para-hydroxylation sites is 4. The third-order valence-corrected chi connectivity index (χ3v) is 16.4. The van der Waals surface area contributed by atoms with E-state index < -0.39 is 0 Å². The zero-order valence-electron chi connectivity index (χ0n) is 44.0. The summed E-state index contributed by atoms with van der Waals surface area (Å²) in [6, 6.07) is 96.5. The number of aromatic nitrogens is 5. The van der Waals surface area contributed by atoms with E-state index in [2.05, 4.69) is 246 Å². The number of hydrogen-bond acceptors (Lipinski definition) is 5. The van der Waals surface area contributed by atoms with Crippen LogP contribution in [-0.2, 0) is 0 Å². The highest BCUT2D eigenvalue weighted by molar-refractivity contribution is 6.14. The van der Waals surface area contributed by atoms with E-state index in [0.717, 1.165) is 121 Å². The summed E-state index contributed by atoms with van der Waals surface area (Å²) in [6.45, 7) is 0. The van der Waals surface area contributed by atoms with Crippen molar-refractivity contribution in [3.63, 3.8) is 0 Å². The van der Waals surface area contributed by atoms with Crippen LogP contribution in [0.3, 0.4) is 0 Å². The molecule has 0 saturated heterocycles. The second kappa shape index (κ2) is 18.2. The highest BCUT2D eigenvalue weighted by Gasteiger charge is 2.23. The Morgan fingerprint density at radius 1 is 0.244 bits per heavy atom. The summed E-state index contributed by atoms with van der Waals surface area (Å²) in [4.78, 5) is 16.2. The molecule has 5 heterocycles. The Balaban J connectivity index is 0.790. The molecule has 0 aliphatic carbocycles. The van der Waals surface area contributed by atoms with Crippen LogP contribution >= 0.6 is 0 Å². The zero-order chi connectivity index (χ0) is 53.8. The molecule has 0 unspecified atom stereocenters. The first kappa shape index (κ1) is 45.8. The second-order valence-corrected chi connectivity index (χ2v) is 21.1. The molecular formula is C75H45N5O2. The molecule has 7 heteroatoms. The van der Waals surface area contributed by atoms with Crippen molar-refractivity contribution >= 4 is 87.5 Å². The predicted molar refractivity (Wildman–Crippen MR) is 336 cm³/mol. The standard InChI is InChI=1S/C75H45N5O2/c1-3-16-46(17-4-1)51-33-38-67-62(42-51)57-25-8-11-29-65(57)80(67)75-77-73(54-32-36-59-58-26-9-12-30-68(58)82-71(59)45-54)76-74(78-75)60-27-15-31-70-72(60)63-44-53(35-39-69(63)81-70)50-21-14-19-48(41-50)47-18-13-20-49(40-47)52-34-37-66-61(43-52)56-24-7-10-28-64(56)79(66)55-22-5-2-6-23-55/h1-45H. The Hall–Kier alpha value is -11.2. The maximum atomic E-state index is 6.70. The van der Waals surface area contributed by atoms with Gasteiger partial charge in [0.1, 0.15) is 22.3 Å². The van der Waals surface area contributed by atoms with Gasteiger partial charge in [0, 0.05) is 59.9 Å². The summed E-state index contributed by atoms with van der Waals surface area (Å²) in [6.07, 6.45) is 0. The molecule has 17 aromatic rings. The molecule has 0 atom stereocenters. The number of furan rings is 2. The molecule has 0 fully saturated rings. The van der Waals surface area contributed by atoms with Crippen molar-refractivity contribution in [3.8, 4) is 78.9 Å². The van der Waals surface area contributed by atoms with Crippen molar-refractivity contribution < 1.29 is 8.83 Å². The second-order valence-electron chi connectivity index (χ2n) is 21.1. The fourth-order valence-corrected chi connectivity index (χ4v) is 12.5. The Labute approximate surface area is 469 Å². The number of benzene rings is 12. The number of rotatable bonds is 8. The highest BCUT2D eigenvalue weighted by atomic mass is 16.3. The Morgan fingerprint density at radius 3 is 1.41 bits per heavy atom. The van der Waals surface area contributed by atoms with E-state index in [9.17, 15) is 0 Å². The molecule has 12 aromatic carbocycles. The van der Waals surface area contributed by atoms with Crippen LogP contribution < -0.4 is 0 Å². The van der Waals surface area contributed by atoms with Crippen LogP contribution in [0.1, 0.15) is 0 Å². The molecule has 0 aliphatic heterocycles. The SMILES string of the molecule is c1ccc(-c2ccc3c(c2)c2ccccc2n3-c2nc(-c3ccc4c(c3)oc3ccccc34)nc(-c3cccc4oc5ccc(-c6cccc(-c7cccc(-c8ccc9c(c8)c8ccccc8n9-c8ccccc8)c7)c6)cc5c34)n2)cc1. The molecule has 82 heavy (non-hydrogen) atoms.